The van der Waals surface area contributed by atoms with E-state index < -0.39 is 31.9 Å². The van der Waals surface area contributed by atoms with Gasteiger partial charge in [-0.05, 0) is 48.5 Å². The summed E-state index contributed by atoms with van der Waals surface area (Å²) in [6.07, 6.45) is 9.16. The molecule has 0 unspecified atom stereocenters. The summed E-state index contributed by atoms with van der Waals surface area (Å²) in [5.74, 6) is -0.876. The first-order chi connectivity index (χ1) is 20.6. The van der Waals surface area contributed by atoms with Crippen LogP contribution >= 0.6 is 0 Å². The zero-order chi connectivity index (χ0) is 30.5. The number of carbonyl (C=O) groups is 2. The minimum atomic E-state index is -4.76. The lowest BCUT2D eigenvalue weighted by Gasteiger charge is -2.24. The number of rotatable bonds is 11. The highest BCUT2D eigenvalue weighted by atomic mass is 32.3. The Morgan fingerprint density at radius 3 is 1.53 bits per heavy atom. The smallest absolute Gasteiger partial charge is 0.277 e. The van der Waals surface area contributed by atoms with E-state index in [1.54, 1.807) is 18.5 Å². The van der Waals surface area contributed by atoms with Gasteiger partial charge in [0.25, 0.3) is 20.0 Å². The Balaban J connectivity index is 1.46. The number of aromatic nitrogens is 4. The summed E-state index contributed by atoms with van der Waals surface area (Å²) in [5, 5.41) is 5.23. The number of nitrogens with one attached hydrogen (secondary N) is 2. The van der Waals surface area contributed by atoms with Gasteiger partial charge >= 0.3 is 0 Å². The van der Waals surface area contributed by atoms with Gasteiger partial charge in [0.05, 0.1) is 28.1 Å². The predicted octanol–water partition coefficient (Wildman–Crippen LogP) is 2.94. The van der Waals surface area contributed by atoms with E-state index in [2.05, 4.69) is 20.6 Å². The molecule has 0 fully saturated rings. The van der Waals surface area contributed by atoms with Gasteiger partial charge in [-0.3, -0.25) is 9.59 Å². The molecular formula is C28H25N7O6S2. The average Bonchev–Trinajstić information content (AvgIpc) is 3.68. The molecule has 220 valence electrons. The second-order valence-corrected chi connectivity index (χ2v) is 13.0. The molecule has 0 radical (unpaired) electrons. The summed E-state index contributed by atoms with van der Waals surface area (Å²) in [7, 11) is -9.51. The zero-order valence-electron chi connectivity index (χ0n) is 22.4. The first kappa shape index (κ1) is 29.2. The average molecular weight is 620 g/mol. The van der Waals surface area contributed by atoms with Crippen molar-refractivity contribution >= 4 is 48.9 Å². The van der Waals surface area contributed by atoms with Crippen molar-refractivity contribution in [1.82, 2.24) is 19.1 Å². The molecule has 0 saturated carbocycles. The summed E-state index contributed by atoms with van der Waals surface area (Å²) < 4.78 is 59.5. The lowest BCUT2D eigenvalue weighted by molar-refractivity contribution is -0.117. The third kappa shape index (κ3) is 6.79. The molecule has 0 aliphatic carbocycles. The Morgan fingerprint density at radius 2 is 1.12 bits per heavy atom. The molecule has 2 N–H and O–H groups in total. The molecule has 5 rings (SSSR count). The summed E-state index contributed by atoms with van der Waals surface area (Å²) in [5.41, 5.74) is 0.171. The van der Waals surface area contributed by atoms with Gasteiger partial charge in [0.1, 0.15) is 13.1 Å². The van der Waals surface area contributed by atoms with Crippen LogP contribution in [0.4, 0.5) is 17.1 Å². The van der Waals surface area contributed by atoms with Crippen LogP contribution in [0.5, 0.6) is 0 Å². The van der Waals surface area contributed by atoms with Crippen molar-refractivity contribution < 1.29 is 26.4 Å². The maximum Gasteiger partial charge on any atom is 0.277 e. The van der Waals surface area contributed by atoms with Gasteiger partial charge in [-0.1, -0.05) is 30.3 Å². The van der Waals surface area contributed by atoms with Gasteiger partial charge in [-0.2, -0.15) is 3.71 Å². The number of imidazole rings is 2. The molecule has 2 heterocycles. The second kappa shape index (κ2) is 12.3. The van der Waals surface area contributed by atoms with Crippen molar-refractivity contribution in [2.75, 3.05) is 14.3 Å². The minimum Gasteiger partial charge on any atom is -0.328 e. The van der Waals surface area contributed by atoms with Gasteiger partial charge in [0.2, 0.25) is 11.8 Å². The van der Waals surface area contributed by atoms with Crippen molar-refractivity contribution in [1.29, 1.82) is 0 Å². The van der Waals surface area contributed by atoms with Crippen LogP contribution in [0, 0.1) is 0 Å². The van der Waals surface area contributed by atoms with Gasteiger partial charge in [0, 0.05) is 36.2 Å². The number of nitrogens with zero attached hydrogens (tertiary/aromatic N) is 5. The van der Waals surface area contributed by atoms with E-state index in [0.717, 1.165) is 0 Å². The van der Waals surface area contributed by atoms with Crippen LogP contribution in [-0.2, 0) is 42.7 Å². The van der Waals surface area contributed by atoms with Crippen molar-refractivity contribution in [3.63, 3.8) is 0 Å². The van der Waals surface area contributed by atoms with E-state index in [1.807, 2.05) is 0 Å². The normalized spacial score (nSPS) is 11.5. The van der Waals surface area contributed by atoms with Crippen LogP contribution in [0.2, 0.25) is 0 Å². The molecular weight excluding hydrogens is 594 g/mol. The Bertz CT molecular complexity index is 1820. The van der Waals surface area contributed by atoms with Crippen molar-refractivity contribution in [3.8, 4) is 0 Å². The largest absolute Gasteiger partial charge is 0.328 e. The van der Waals surface area contributed by atoms with E-state index in [0.29, 0.717) is 3.71 Å². The highest BCUT2D eigenvalue weighted by molar-refractivity contribution is 8.10. The standard InChI is InChI=1S/C28H25N7O6S2/c36-27(18-33-14-12-29-20-33)31-22-6-4-10-25(16-22)42(38,39)35(24-8-2-1-3-9-24)43(40,41)26-11-5-7-23(17-26)32-28(37)19-34-15-13-30-21-34/h1-17,20-21H,18-19H2,(H,31,36)(H,32,37). The van der Waals surface area contributed by atoms with Gasteiger partial charge in [-0.15, -0.1) is 0 Å². The van der Waals surface area contributed by atoms with E-state index in [-0.39, 0.29) is 39.9 Å². The number of sulfonamides is 2. The van der Waals surface area contributed by atoms with Crippen LogP contribution in [0.25, 0.3) is 0 Å². The molecule has 0 aliphatic rings. The third-order valence-corrected chi connectivity index (χ3v) is 10.2. The van der Waals surface area contributed by atoms with Crippen molar-refractivity contribution in [2.24, 2.45) is 0 Å². The monoisotopic (exact) mass is 619 g/mol. The Kier molecular flexibility index (Phi) is 8.36. The Morgan fingerprint density at radius 1 is 0.651 bits per heavy atom. The molecule has 5 aromatic rings. The Hall–Kier alpha value is -5.28. The predicted molar refractivity (Wildman–Crippen MR) is 158 cm³/mol. The van der Waals surface area contributed by atoms with Crippen LogP contribution in [0.1, 0.15) is 0 Å². The topological polar surface area (TPSA) is 165 Å². The second-order valence-electron chi connectivity index (χ2n) is 9.16. The lowest BCUT2D eigenvalue weighted by Crippen LogP contribution is -2.37. The van der Waals surface area contributed by atoms with Gasteiger partial charge < -0.3 is 19.8 Å². The van der Waals surface area contributed by atoms with E-state index in [9.17, 15) is 26.4 Å². The van der Waals surface area contributed by atoms with Crippen molar-refractivity contribution in [3.05, 3.63) is 116 Å². The number of para-hydroxylation sites is 1. The number of hydrogen-bond acceptors (Lipinski definition) is 8. The number of benzene rings is 3. The maximum absolute atomic E-state index is 14.0. The molecule has 2 aromatic heterocycles. The molecule has 0 aliphatic heterocycles. The van der Waals surface area contributed by atoms with Gasteiger partial charge in [0.15, 0.2) is 0 Å². The molecule has 0 bridgehead atoms. The SMILES string of the molecule is O=C(Cn1ccnc1)Nc1cccc(S(=O)(=O)N(c2ccccc2)S(=O)(=O)c2cccc(NC(=O)Cn3ccnc3)c2)c1. The zero-order valence-corrected chi connectivity index (χ0v) is 24.0. The highest BCUT2D eigenvalue weighted by Gasteiger charge is 2.37. The highest BCUT2D eigenvalue weighted by Crippen LogP contribution is 2.32. The first-order valence-electron chi connectivity index (χ1n) is 12.7. The number of anilines is 3. The molecule has 15 heteroatoms. The van der Waals surface area contributed by atoms with Crippen molar-refractivity contribution in [2.45, 2.75) is 22.9 Å². The van der Waals surface area contributed by atoms with Crippen LogP contribution in [-0.4, -0.2) is 47.8 Å². The third-order valence-electron chi connectivity index (χ3n) is 6.01. The number of carbonyl (C=O) groups excluding carboxylic acids is 2. The van der Waals surface area contributed by atoms with Gasteiger partial charge in [-0.25, -0.2) is 26.8 Å². The molecule has 13 nitrogen and oxygen atoms in total. The quantitative estimate of drug-likeness (QED) is 0.228. The number of hydrogen-bond donors (Lipinski definition) is 2. The van der Waals surface area contributed by atoms with Crippen LogP contribution in [0.15, 0.2) is 126 Å². The molecule has 3 aromatic carbocycles. The summed E-state index contributed by atoms with van der Waals surface area (Å²) >= 11 is 0. The van der Waals surface area contributed by atoms with E-state index >= 15 is 0 Å². The Labute approximate surface area is 247 Å². The fraction of sp³-hybridized carbons (Fsp3) is 0.0714. The molecule has 43 heavy (non-hydrogen) atoms. The lowest BCUT2D eigenvalue weighted by atomic mass is 10.3. The summed E-state index contributed by atoms with van der Waals surface area (Å²) in [6.45, 7) is -0.118. The van der Waals surface area contributed by atoms with Crippen LogP contribution < -0.4 is 14.3 Å². The molecule has 2 amide bonds. The summed E-state index contributed by atoms with van der Waals surface area (Å²) in [4.78, 5) is 32.0. The number of amides is 2. The fourth-order valence-electron chi connectivity index (χ4n) is 4.11. The fourth-order valence-corrected chi connectivity index (χ4v) is 7.89. The van der Waals surface area contributed by atoms with Crippen LogP contribution in [0.3, 0.4) is 0 Å². The first-order valence-corrected chi connectivity index (χ1v) is 15.6. The summed E-state index contributed by atoms with van der Waals surface area (Å²) in [6, 6.07) is 17.9. The molecule has 0 atom stereocenters. The van der Waals surface area contributed by atoms with E-state index in [1.165, 1.54) is 107 Å². The molecule has 0 spiro atoms. The minimum absolute atomic E-state index is 0.0588. The molecule has 0 saturated heterocycles. The van der Waals surface area contributed by atoms with E-state index in [4.69, 9.17) is 0 Å². The maximum atomic E-state index is 14.0.